The van der Waals surface area contributed by atoms with Gasteiger partial charge in [0.25, 0.3) is 0 Å². The maximum absolute atomic E-state index is 13.1. The van der Waals surface area contributed by atoms with Crippen LogP contribution in [0.15, 0.2) is 48.6 Å². The molecule has 1 fully saturated rings. The van der Waals surface area contributed by atoms with Gasteiger partial charge in [-0.25, -0.2) is 4.79 Å². The van der Waals surface area contributed by atoms with E-state index in [-0.39, 0.29) is 25.9 Å². The van der Waals surface area contributed by atoms with Crippen molar-refractivity contribution in [3.8, 4) is 0 Å². The average Bonchev–Trinajstić information content (AvgIpc) is 3.33. The molecule has 0 radical (unpaired) electrons. The number of esters is 3. The summed E-state index contributed by atoms with van der Waals surface area (Å²) in [5, 5.41) is 31.3. The minimum absolute atomic E-state index is 0.0580. The fourth-order valence-electron chi connectivity index (χ4n) is 8.14. The zero-order chi connectivity index (χ0) is 50.4. The van der Waals surface area contributed by atoms with E-state index in [2.05, 4.69) is 69.4 Å². The van der Waals surface area contributed by atoms with Gasteiger partial charge < -0.3 is 39.0 Å². The molecule has 3 N–H and O–H groups in total. The second-order valence-corrected chi connectivity index (χ2v) is 18.8. The van der Waals surface area contributed by atoms with E-state index in [0.717, 1.165) is 89.9 Å². The highest BCUT2D eigenvalue weighted by molar-refractivity contribution is 5.74. The minimum Gasteiger partial charge on any atom is -0.479 e. The molecule has 0 aliphatic carbocycles. The molecule has 12 nitrogen and oxygen atoms in total. The van der Waals surface area contributed by atoms with Crippen LogP contribution in [-0.2, 0) is 42.9 Å². The topological polar surface area (TPSA) is 175 Å². The molecule has 0 aromatic carbocycles. The Morgan fingerprint density at radius 2 is 0.913 bits per heavy atom. The highest BCUT2D eigenvalue weighted by atomic mass is 16.7. The number of aliphatic hydroxyl groups is 2. The zero-order valence-corrected chi connectivity index (χ0v) is 43.6. The van der Waals surface area contributed by atoms with Gasteiger partial charge in [0, 0.05) is 19.3 Å². The quantitative estimate of drug-likeness (QED) is 0.0228. The summed E-state index contributed by atoms with van der Waals surface area (Å²) in [5.41, 5.74) is 0. The fourth-order valence-corrected chi connectivity index (χ4v) is 8.14. The summed E-state index contributed by atoms with van der Waals surface area (Å²) >= 11 is 0. The van der Waals surface area contributed by atoms with Crippen molar-refractivity contribution < 1.29 is 58.2 Å². The van der Waals surface area contributed by atoms with E-state index in [1.165, 1.54) is 89.9 Å². The first kappa shape index (κ1) is 63.7. The molecule has 6 unspecified atom stereocenters. The number of carboxylic acids is 1. The third kappa shape index (κ3) is 36.3. The summed E-state index contributed by atoms with van der Waals surface area (Å²) < 4.78 is 28.3. The molecule has 1 saturated heterocycles. The van der Waals surface area contributed by atoms with Crippen molar-refractivity contribution in [2.45, 2.75) is 276 Å². The van der Waals surface area contributed by atoms with Gasteiger partial charge in [-0.2, -0.15) is 0 Å². The van der Waals surface area contributed by atoms with E-state index in [0.29, 0.717) is 19.3 Å². The van der Waals surface area contributed by atoms with Gasteiger partial charge in [-0.15, -0.1) is 0 Å². The second-order valence-electron chi connectivity index (χ2n) is 18.8. The van der Waals surface area contributed by atoms with Gasteiger partial charge >= 0.3 is 23.9 Å². The zero-order valence-electron chi connectivity index (χ0n) is 43.6. The predicted octanol–water partition coefficient (Wildman–Crippen LogP) is 13.4. The molecule has 398 valence electrons. The number of carbonyl (C=O) groups excluding carboxylic acids is 3. The third-order valence-corrected chi connectivity index (χ3v) is 12.4. The van der Waals surface area contributed by atoms with Crippen molar-refractivity contribution in [2.75, 3.05) is 13.2 Å². The van der Waals surface area contributed by atoms with Gasteiger partial charge in [0.2, 0.25) is 0 Å². The van der Waals surface area contributed by atoms with Crippen LogP contribution in [0.1, 0.15) is 239 Å². The third-order valence-electron chi connectivity index (χ3n) is 12.4. The number of carboxylic acid groups (broad SMARTS) is 1. The van der Waals surface area contributed by atoms with E-state index < -0.39 is 67.3 Å². The Bertz CT molecular complexity index is 1390. The Morgan fingerprint density at radius 1 is 0.493 bits per heavy atom. The molecular formula is C57H98O12. The lowest BCUT2D eigenvalue weighted by Crippen LogP contribution is -2.61. The number of unbranched alkanes of at least 4 members (excludes halogenated alkanes) is 24. The van der Waals surface area contributed by atoms with E-state index >= 15 is 0 Å². The SMILES string of the molecule is CC/C=C\C/C=C\C/C=C\CCCCCC(=O)OC(COC(=O)CCCCCCCCC/C=C\CCCCCCCC)COC1OC(C(=O)O)C(O)C(O)C1OC(=O)CCCCCCCCCCC. The van der Waals surface area contributed by atoms with Crippen LogP contribution in [0.5, 0.6) is 0 Å². The van der Waals surface area contributed by atoms with Gasteiger partial charge in [0.15, 0.2) is 24.6 Å². The Labute approximate surface area is 418 Å². The predicted molar refractivity (Wildman–Crippen MR) is 276 cm³/mol. The average molecular weight is 975 g/mol. The molecule has 6 atom stereocenters. The van der Waals surface area contributed by atoms with Crippen molar-refractivity contribution >= 4 is 23.9 Å². The first-order valence-electron chi connectivity index (χ1n) is 27.6. The normalized spacial score (nSPS) is 19.0. The van der Waals surface area contributed by atoms with Crippen LogP contribution in [0.3, 0.4) is 0 Å². The van der Waals surface area contributed by atoms with Crippen molar-refractivity contribution in [1.29, 1.82) is 0 Å². The number of rotatable bonds is 46. The number of aliphatic carboxylic acids is 1. The Kier molecular flexibility index (Phi) is 42.3. The van der Waals surface area contributed by atoms with Gasteiger partial charge in [-0.3, -0.25) is 14.4 Å². The molecule has 1 aliphatic heterocycles. The van der Waals surface area contributed by atoms with Crippen LogP contribution in [0.2, 0.25) is 0 Å². The smallest absolute Gasteiger partial charge is 0.335 e. The summed E-state index contributed by atoms with van der Waals surface area (Å²) in [6.45, 7) is 5.80. The summed E-state index contributed by atoms with van der Waals surface area (Å²) in [5.74, 6) is -3.16. The van der Waals surface area contributed by atoms with Crippen LogP contribution < -0.4 is 0 Å². The van der Waals surface area contributed by atoms with Crippen LogP contribution in [0.4, 0.5) is 0 Å². The van der Waals surface area contributed by atoms with Gasteiger partial charge in [-0.05, 0) is 77.0 Å². The molecule has 0 spiro atoms. The molecular weight excluding hydrogens is 877 g/mol. The van der Waals surface area contributed by atoms with Crippen LogP contribution >= 0.6 is 0 Å². The van der Waals surface area contributed by atoms with Crippen molar-refractivity contribution in [3.05, 3.63) is 48.6 Å². The fraction of sp³-hybridized carbons (Fsp3) is 0.789. The molecule has 12 heteroatoms. The highest BCUT2D eigenvalue weighted by Crippen LogP contribution is 2.26. The number of ether oxygens (including phenoxy) is 5. The van der Waals surface area contributed by atoms with Crippen molar-refractivity contribution in [1.82, 2.24) is 0 Å². The molecule has 0 saturated carbocycles. The number of carbonyl (C=O) groups is 4. The largest absolute Gasteiger partial charge is 0.479 e. The van der Waals surface area contributed by atoms with Crippen LogP contribution in [0, 0.1) is 0 Å². The molecule has 69 heavy (non-hydrogen) atoms. The maximum atomic E-state index is 13.1. The first-order chi connectivity index (χ1) is 33.6. The van der Waals surface area contributed by atoms with E-state index in [4.69, 9.17) is 23.7 Å². The summed E-state index contributed by atoms with van der Waals surface area (Å²) in [4.78, 5) is 50.8. The van der Waals surface area contributed by atoms with E-state index in [1.54, 1.807) is 0 Å². The molecule has 0 bridgehead atoms. The monoisotopic (exact) mass is 975 g/mol. The summed E-state index contributed by atoms with van der Waals surface area (Å²) in [6.07, 6.45) is 41.1. The molecule has 0 aromatic rings. The number of allylic oxidation sites excluding steroid dienone is 8. The lowest BCUT2D eigenvalue weighted by Gasteiger charge is -2.40. The molecule has 1 aliphatic rings. The van der Waals surface area contributed by atoms with Crippen molar-refractivity contribution in [3.63, 3.8) is 0 Å². The standard InChI is InChI=1S/C57H98O12/c1-4-7-10-13-16-19-21-23-24-25-26-28-29-32-34-37-40-43-49(58)65-46-48(67-50(59)44-41-38-36-33-30-27-22-20-17-14-11-8-5-2)47-66-57-55(53(62)52(61)54(69-57)56(63)64)68-51(60)45-42-39-35-31-18-15-12-9-6-3/h8,11,17,20,23-24,27,30,48,52-55,57,61-62H,4-7,9-10,12-16,18-19,21-22,25-26,28-29,31-47H2,1-3H3,(H,63,64)/b11-8-,20-17-,24-23-,30-27-. The first-order valence-corrected chi connectivity index (χ1v) is 27.6. The van der Waals surface area contributed by atoms with E-state index in [9.17, 15) is 34.5 Å². The summed E-state index contributed by atoms with van der Waals surface area (Å²) in [7, 11) is 0. The highest BCUT2D eigenvalue weighted by Gasteiger charge is 2.50. The van der Waals surface area contributed by atoms with Gasteiger partial charge in [0.05, 0.1) is 6.61 Å². The molecule has 1 rings (SSSR count). The van der Waals surface area contributed by atoms with Gasteiger partial charge in [-0.1, -0.05) is 191 Å². The van der Waals surface area contributed by atoms with Crippen molar-refractivity contribution in [2.24, 2.45) is 0 Å². The molecule has 1 heterocycles. The second kappa shape index (κ2) is 45.8. The van der Waals surface area contributed by atoms with E-state index in [1.807, 2.05) is 0 Å². The van der Waals surface area contributed by atoms with Crippen LogP contribution in [-0.4, -0.2) is 89.2 Å². The lowest BCUT2D eigenvalue weighted by molar-refractivity contribution is -0.301. The molecule has 0 aromatic heterocycles. The maximum Gasteiger partial charge on any atom is 0.335 e. The van der Waals surface area contributed by atoms with Crippen LogP contribution in [0.25, 0.3) is 0 Å². The Morgan fingerprint density at radius 3 is 1.42 bits per heavy atom. The minimum atomic E-state index is -1.90. The Balaban J connectivity index is 2.70. The Hall–Kier alpha value is -3.32. The number of aliphatic hydroxyl groups excluding tert-OH is 2. The molecule has 0 amide bonds. The summed E-state index contributed by atoms with van der Waals surface area (Å²) in [6, 6.07) is 0. The number of hydrogen-bond acceptors (Lipinski definition) is 11. The number of hydrogen-bond donors (Lipinski definition) is 3. The lowest BCUT2D eigenvalue weighted by atomic mass is 9.98. The van der Waals surface area contributed by atoms with Gasteiger partial charge in [0.1, 0.15) is 18.8 Å².